The summed E-state index contributed by atoms with van der Waals surface area (Å²) in [5, 5.41) is 1.87. The SMILES string of the molecule is Cc1cc(Cl)nc(CSc2ncccc2Cl)n1. The fourth-order valence-electron chi connectivity index (χ4n) is 1.26. The molecule has 0 aromatic carbocycles. The van der Waals surface area contributed by atoms with Crippen molar-refractivity contribution < 1.29 is 0 Å². The van der Waals surface area contributed by atoms with Gasteiger partial charge in [-0.05, 0) is 25.1 Å². The molecule has 0 aliphatic rings. The molecule has 0 fully saturated rings. The number of halogens is 2. The first-order chi connectivity index (χ1) is 8.15. The predicted molar refractivity (Wildman–Crippen MR) is 70.6 cm³/mol. The second-order valence-corrected chi connectivity index (χ2v) is 5.09. The largest absolute Gasteiger partial charge is 0.248 e. The van der Waals surface area contributed by atoms with Gasteiger partial charge in [0.15, 0.2) is 0 Å². The molecule has 6 heteroatoms. The highest BCUT2D eigenvalue weighted by Crippen LogP contribution is 2.26. The van der Waals surface area contributed by atoms with E-state index in [1.807, 2.05) is 6.92 Å². The molecule has 2 aromatic rings. The molecular formula is C11H9Cl2N3S. The van der Waals surface area contributed by atoms with Crippen molar-refractivity contribution in [2.75, 3.05) is 0 Å². The van der Waals surface area contributed by atoms with E-state index in [0.717, 1.165) is 10.7 Å². The van der Waals surface area contributed by atoms with Gasteiger partial charge in [0.25, 0.3) is 0 Å². The van der Waals surface area contributed by atoms with E-state index >= 15 is 0 Å². The third-order valence-corrected chi connectivity index (χ3v) is 3.54. The molecule has 0 unspecified atom stereocenters. The summed E-state index contributed by atoms with van der Waals surface area (Å²) >= 11 is 13.4. The minimum atomic E-state index is 0.459. The van der Waals surface area contributed by atoms with Crippen molar-refractivity contribution in [2.24, 2.45) is 0 Å². The maximum Gasteiger partial charge on any atom is 0.140 e. The van der Waals surface area contributed by atoms with E-state index in [1.165, 1.54) is 11.8 Å². The summed E-state index contributed by atoms with van der Waals surface area (Å²) in [6.07, 6.45) is 1.71. The first-order valence-corrected chi connectivity index (χ1v) is 6.62. The van der Waals surface area contributed by atoms with Crippen LogP contribution in [0, 0.1) is 6.92 Å². The predicted octanol–water partition coefficient (Wildman–Crippen LogP) is 3.78. The molecule has 0 aliphatic carbocycles. The van der Waals surface area contributed by atoms with E-state index < -0.39 is 0 Å². The van der Waals surface area contributed by atoms with Crippen LogP contribution in [-0.4, -0.2) is 15.0 Å². The fourth-order valence-corrected chi connectivity index (χ4v) is 2.54. The topological polar surface area (TPSA) is 38.7 Å². The molecular weight excluding hydrogens is 277 g/mol. The van der Waals surface area contributed by atoms with Crippen molar-refractivity contribution in [3.8, 4) is 0 Å². The number of rotatable bonds is 3. The second kappa shape index (κ2) is 5.67. The zero-order valence-electron chi connectivity index (χ0n) is 9.02. The standard InChI is InChI=1S/C11H9Cl2N3S/c1-7-5-9(13)16-10(15-7)6-17-11-8(12)3-2-4-14-11/h2-5H,6H2,1H3. The first-order valence-electron chi connectivity index (χ1n) is 4.88. The molecule has 2 heterocycles. The number of thioether (sulfide) groups is 1. The molecule has 2 aromatic heterocycles. The van der Waals surface area contributed by atoms with Gasteiger partial charge in [-0.15, -0.1) is 0 Å². The van der Waals surface area contributed by atoms with Crippen molar-refractivity contribution in [1.29, 1.82) is 0 Å². The second-order valence-electron chi connectivity index (χ2n) is 3.33. The highest BCUT2D eigenvalue weighted by atomic mass is 35.5. The van der Waals surface area contributed by atoms with Crippen molar-refractivity contribution in [2.45, 2.75) is 17.7 Å². The van der Waals surface area contributed by atoms with Gasteiger partial charge in [-0.1, -0.05) is 35.0 Å². The van der Waals surface area contributed by atoms with Gasteiger partial charge in [0, 0.05) is 11.9 Å². The maximum absolute atomic E-state index is 6.00. The normalized spacial score (nSPS) is 10.5. The average molecular weight is 286 g/mol. The van der Waals surface area contributed by atoms with Gasteiger partial charge in [-0.25, -0.2) is 15.0 Å². The molecule has 17 heavy (non-hydrogen) atoms. The molecule has 0 spiro atoms. The molecule has 0 aliphatic heterocycles. The van der Waals surface area contributed by atoms with Crippen molar-refractivity contribution in [3.63, 3.8) is 0 Å². The lowest BCUT2D eigenvalue weighted by Gasteiger charge is -2.03. The van der Waals surface area contributed by atoms with Gasteiger partial charge in [0.1, 0.15) is 16.0 Å². The molecule has 0 atom stereocenters. The smallest absolute Gasteiger partial charge is 0.140 e. The van der Waals surface area contributed by atoms with Crippen LogP contribution in [0.25, 0.3) is 0 Å². The van der Waals surface area contributed by atoms with Crippen LogP contribution in [0.2, 0.25) is 10.2 Å². The number of pyridine rings is 1. The molecule has 0 N–H and O–H groups in total. The highest BCUT2D eigenvalue weighted by Gasteiger charge is 2.05. The molecule has 3 nitrogen and oxygen atoms in total. The number of hydrogen-bond donors (Lipinski definition) is 0. The van der Waals surface area contributed by atoms with Crippen LogP contribution in [0.5, 0.6) is 0 Å². The lowest BCUT2D eigenvalue weighted by Crippen LogP contribution is -1.95. The highest BCUT2D eigenvalue weighted by molar-refractivity contribution is 7.98. The Kier molecular flexibility index (Phi) is 4.20. The number of hydrogen-bond acceptors (Lipinski definition) is 4. The van der Waals surface area contributed by atoms with Crippen LogP contribution in [0.4, 0.5) is 0 Å². The summed E-state index contributed by atoms with van der Waals surface area (Å²) < 4.78 is 0. The third-order valence-electron chi connectivity index (χ3n) is 1.93. The van der Waals surface area contributed by atoms with Gasteiger partial charge in [-0.2, -0.15) is 0 Å². The van der Waals surface area contributed by atoms with Crippen molar-refractivity contribution >= 4 is 35.0 Å². The van der Waals surface area contributed by atoms with Gasteiger partial charge in [0.2, 0.25) is 0 Å². The van der Waals surface area contributed by atoms with E-state index in [-0.39, 0.29) is 0 Å². The maximum atomic E-state index is 6.00. The van der Waals surface area contributed by atoms with E-state index in [0.29, 0.717) is 21.8 Å². The summed E-state index contributed by atoms with van der Waals surface area (Å²) in [6, 6.07) is 5.33. The Balaban J connectivity index is 2.10. The quantitative estimate of drug-likeness (QED) is 0.636. The molecule has 0 saturated heterocycles. The lowest BCUT2D eigenvalue weighted by molar-refractivity contribution is 0.992. The van der Waals surface area contributed by atoms with Crippen LogP contribution in [0.1, 0.15) is 11.5 Å². The Morgan fingerprint density at radius 1 is 1.29 bits per heavy atom. The fraction of sp³-hybridized carbons (Fsp3) is 0.182. The number of nitrogens with zero attached hydrogens (tertiary/aromatic N) is 3. The molecule has 0 amide bonds. The first kappa shape index (κ1) is 12.6. The van der Waals surface area contributed by atoms with E-state index in [1.54, 1.807) is 24.4 Å². The summed E-state index contributed by atoms with van der Waals surface area (Å²) in [5.41, 5.74) is 0.854. The van der Waals surface area contributed by atoms with Crippen LogP contribution in [-0.2, 0) is 5.75 Å². The van der Waals surface area contributed by atoms with Crippen molar-refractivity contribution in [1.82, 2.24) is 15.0 Å². The Morgan fingerprint density at radius 2 is 2.12 bits per heavy atom. The monoisotopic (exact) mass is 285 g/mol. The molecule has 0 saturated carbocycles. The summed E-state index contributed by atoms with van der Waals surface area (Å²) in [4.78, 5) is 12.6. The molecule has 0 bridgehead atoms. The molecule has 88 valence electrons. The number of aryl methyl sites for hydroxylation is 1. The van der Waals surface area contributed by atoms with E-state index in [9.17, 15) is 0 Å². The zero-order valence-corrected chi connectivity index (χ0v) is 11.4. The van der Waals surface area contributed by atoms with Crippen LogP contribution in [0.15, 0.2) is 29.4 Å². The lowest BCUT2D eigenvalue weighted by atomic mass is 10.4. The summed E-state index contributed by atoms with van der Waals surface area (Å²) in [5.74, 6) is 1.28. The van der Waals surface area contributed by atoms with E-state index in [4.69, 9.17) is 23.2 Å². The third kappa shape index (κ3) is 3.56. The van der Waals surface area contributed by atoms with Crippen LogP contribution < -0.4 is 0 Å². The van der Waals surface area contributed by atoms with Gasteiger partial charge < -0.3 is 0 Å². The van der Waals surface area contributed by atoms with Crippen LogP contribution in [0.3, 0.4) is 0 Å². The average Bonchev–Trinajstić information content (AvgIpc) is 2.27. The van der Waals surface area contributed by atoms with Gasteiger partial charge in [0.05, 0.1) is 10.8 Å². The Labute approximate surface area is 114 Å². The zero-order chi connectivity index (χ0) is 12.3. The molecule has 0 radical (unpaired) electrons. The minimum absolute atomic E-state index is 0.459. The number of aromatic nitrogens is 3. The minimum Gasteiger partial charge on any atom is -0.248 e. The van der Waals surface area contributed by atoms with Crippen molar-refractivity contribution in [3.05, 3.63) is 46.1 Å². The van der Waals surface area contributed by atoms with Gasteiger partial charge in [-0.3, -0.25) is 0 Å². The Bertz CT molecular complexity index is 514. The summed E-state index contributed by atoms with van der Waals surface area (Å²) in [6.45, 7) is 1.88. The summed E-state index contributed by atoms with van der Waals surface area (Å²) in [7, 11) is 0. The van der Waals surface area contributed by atoms with E-state index in [2.05, 4.69) is 15.0 Å². The Morgan fingerprint density at radius 3 is 2.82 bits per heavy atom. The van der Waals surface area contributed by atoms with Gasteiger partial charge >= 0.3 is 0 Å². The molecule has 2 rings (SSSR count). The van der Waals surface area contributed by atoms with Crippen LogP contribution >= 0.6 is 35.0 Å². The Hall–Kier alpha value is -0.840.